The van der Waals surface area contributed by atoms with Crippen molar-refractivity contribution in [1.82, 2.24) is 5.06 Å². The van der Waals surface area contributed by atoms with Crippen molar-refractivity contribution in [2.75, 3.05) is 18.7 Å². The third kappa shape index (κ3) is 4.27. The van der Waals surface area contributed by atoms with E-state index >= 15 is 0 Å². The Kier molecular flexibility index (Phi) is 5.31. The Hall–Kier alpha value is -2.62. The Labute approximate surface area is 140 Å². The Balaban J connectivity index is 2.17. The number of carbonyl (C=O) groups excluding carboxylic acids is 2. The van der Waals surface area contributed by atoms with Crippen LogP contribution in [0.2, 0.25) is 0 Å². The van der Waals surface area contributed by atoms with Gasteiger partial charge in [0.25, 0.3) is 0 Å². The topological polar surface area (TPSA) is 59.1 Å². The van der Waals surface area contributed by atoms with Crippen molar-refractivity contribution in [2.45, 2.75) is 19.6 Å². The van der Waals surface area contributed by atoms with Crippen molar-refractivity contribution in [3.05, 3.63) is 41.5 Å². The van der Waals surface area contributed by atoms with Gasteiger partial charge in [-0.15, -0.1) is 0 Å². The highest BCUT2D eigenvalue weighted by Crippen LogP contribution is 2.33. The van der Waals surface area contributed by atoms with Gasteiger partial charge in [0.2, 0.25) is 11.5 Å². The average molecular weight is 362 g/mol. The molecule has 0 saturated carbocycles. The molecule has 0 unspecified atom stereocenters. The van der Waals surface area contributed by atoms with Crippen LogP contribution in [0.15, 0.2) is 30.2 Å². The number of rotatable bonds is 5. The van der Waals surface area contributed by atoms with E-state index in [4.69, 9.17) is 4.84 Å². The fraction of sp³-hybridized carbons (Fsp3) is 0.333. The summed E-state index contributed by atoms with van der Waals surface area (Å²) in [6, 6.07) is 3.68. The summed E-state index contributed by atoms with van der Waals surface area (Å²) >= 11 is 0. The van der Waals surface area contributed by atoms with E-state index in [0.717, 1.165) is 23.0 Å². The van der Waals surface area contributed by atoms with E-state index in [0.29, 0.717) is 6.20 Å². The van der Waals surface area contributed by atoms with Crippen molar-refractivity contribution in [3.63, 3.8) is 0 Å². The van der Waals surface area contributed by atoms with E-state index in [2.05, 4.69) is 4.74 Å². The number of allylic oxidation sites excluding steroid dienone is 1. The van der Waals surface area contributed by atoms with E-state index in [9.17, 15) is 27.2 Å². The molecule has 0 atom stereocenters. The number of Topliss-reactive ketones (excluding diaryl/α,β-unsaturated/α-hetero) is 1. The molecule has 0 bridgehead atoms. The summed E-state index contributed by atoms with van der Waals surface area (Å²) in [6.07, 6.45) is -3.99. The highest BCUT2D eigenvalue weighted by Gasteiger charge is 2.39. The zero-order chi connectivity index (χ0) is 18.8. The molecule has 1 aliphatic rings. The monoisotopic (exact) mass is 362 g/mol. The zero-order valence-electron chi connectivity index (χ0n) is 13.3. The number of hydroxylamine groups is 2. The summed E-state index contributed by atoms with van der Waals surface area (Å²) in [4.78, 5) is 28.4. The van der Waals surface area contributed by atoms with Crippen LogP contribution in [0.4, 0.5) is 23.2 Å². The van der Waals surface area contributed by atoms with Crippen LogP contribution in [0.1, 0.15) is 12.5 Å². The first kappa shape index (κ1) is 18.7. The molecule has 1 amide bonds. The average Bonchev–Trinajstić information content (AvgIpc) is 3.01. The van der Waals surface area contributed by atoms with Gasteiger partial charge >= 0.3 is 12.1 Å². The zero-order valence-corrected chi connectivity index (χ0v) is 13.3. The molecular weight excluding hydrogens is 348 g/mol. The minimum absolute atomic E-state index is 0.120. The van der Waals surface area contributed by atoms with Crippen molar-refractivity contribution in [3.8, 4) is 0 Å². The van der Waals surface area contributed by atoms with Crippen molar-refractivity contribution in [2.24, 2.45) is 0 Å². The molecule has 1 aliphatic heterocycles. The van der Waals surface area contributed by atoms with Crippen LogP contribution in [-0.2, 0) is 25.7 Å². The minimum Gasteiger partial charge on any atom is -0.466 e. The van der Waals surface area contributed by atoms with Crippen LogP contribution in [0.5, 0.6) is 0 Å². The number of carbonyl (C=O) groups is 2. The molecular formula is C15H14F4N2O4. The second-order valence-corrected chi connectivity index (χ2v) is 5.10. The number of ether oxygens (including phenoxy) is 1. The standard InChI is InChI=1S/C15H14F4N2O4/c1-9(22)14(23)21(24-2)6-10-3-4-12(11(16)5-10)20-7-13(25-8-20)15(17,18)19/h3-5,7H,6,8H2,1-2H3. The smallest absolute Gasteiger partial charge is 0.450 e. The SMILES string of the molecule is CON(Cc1ccc(N2C=C(C(F)(F)F)OC2)c(F)c1)C(=O)C(C)=O. The van der Waals surface area contributed by atoms with Gasteiger partial charge in [0, 0.05) is 6.92 Å². The van der Waals surface area contributed by atoms with Gasteiger partial charge in [-0.2, -0.15) is 13.2 Å². The highest BCUT2D eigenvalue weighted by atomic mass is 19.4. The van der Waals surface area contributed by atoms with Crippen LogP contribution >= 0.6 is 0 Å². The maximum atomic E-state index is 14.2. The summed E-state index contributed by atoms with van der Waals surface area (Å²) in [7, 11) is 1.18. The lowest BCUT2D eigenvalue weighted by Gasteiger charge is -2.19. The number of alkyl halides is 3. The first-order valence-electron chi connectivity index (χ1n) is 6.97. The lowest BCUT2D eigenvalue weighted by atomic mass is 10.2. The largest absolute Gasteiger partial charge is 0.466 e. The number of nitrogens with zero attached hydrogens (tertiary/aromatic N) is 2. The quantitative estimate of drug-likeness (QED) is 0.458. The van der Waals surface area contributed by atoms with Crippen molar-refractivity contribution in [1.29, 1.82) is 0 Å². The second-order valence-electron chi connectivity index (χ2n) is 5.10. The lowest BCUT2D eigenvalue weighted by molar-refractivity contribution is -0.181. The van der Waals surface area contributed by atoms with E-state index in [1.54, 1.807) is 0 Å². The number of hydrogen-bond donors (Lipinski definition) is 0. The normalized spacial score (nSPS) is 14.2. The summed E-state index contributed by atoms with van der Waals surface area (Å²) in [5.41, 5.74) is 0.169. The Morgan fingerprint density at radius 1 is 1.36 bits per heavy atom. The number of amides is 1. The third-order valence-corrected chi connectivity index (χ3v) is 3.31. The first-order valence-corrected chi connectivity index (χ1v) is 6.97. The van der Waals surface area contributed by atoms with Gasteiger partial charge in [-0.3, -0.25) is 14.4 Å². The van der Waals surface area contributed by atoms with Crippen molar-refractivity contribution < 1.29 is 36.7 Å². The van der Waals surface area contributed by atoms with Gasteiger partial charge < -0.3 is 9.64 Å². The fourth-order valence-electron chi connectivity index (χ4n) is 2.09. The highest BCUT2D eigenvalue weighted by molar-refractivity contribution is 6.34. The van der Waals surface area contributed by atoms with Crippen LogP contribution in [0.25, 0.3) is 0 Å². The molecule has 0 fully saturated rings. The molecule has 0 saturated heterocycles. The molecule has 2 rings (SSSR count). The minimum atomic E-state index is -4.66. The fourth-order valence-corrected chi connectivity index (χ4v) is 2.09. The first-order chi connectivity index (χ1) is 11.6. The van der Waals surface area contributed by atoms with Crippen LogP contribution in [-0.4, -0.2) is 36.8 Å². The third-order valence-electron chi connectivity index (χ3n) is 3.31. The molecule has 0 aromatic heterocycles. The molecule has 6 nitrogen and oxygen atoms in total. The molecule has 10 heteroatoms. The van der Waals surface area contributed by atoms with Gasteiger partial charge in [-0.1, -0.05) is 6.07 Å². The summed E-state index contributed by atoms with van der Waals surface area (Å²) in [6.45, 7) is 0.389. The summed E-state index contributed by atoms with van der Waals surface area (Å²) < 4.78 is 56.4. The van der Waals surface area contributed by atoms with Crippen molar-refractivity contribution >= 4 is 17.4 Å². The van der Waals surface area contributed by atoms with E-state index in [-0.39, 0.29) is 17.8 Å². The maximum Gasteiger partial charge on any atom is 0.450 e. The Morgan fingerprint density at radius 3 is 2.52 bits per heavy atom. The number of halogens is 4. The van der Waals surface area contributed by atoms with Gasteiger partial charge in [-0.25, -0.2) is 9.45 Å². The predicted octanol–water partition coefficient (Wildman–Crippen LogP) is 2.50. The molecule has 136 valence electrons. The van der Waals surface area contributed by atoms with Crippen LogP contribution in [0.3, 0.4) is 0 Å². The summed E-state index contributed by atoms with van der Waals surface area (Å²) in [5.74, 6) is -3.68. The molecule has 0 aliphatic carbocycles. The van der Waals surface area contributed by atoms with Gasteiger partial charge in [-0.05, 0) is 17.7 Å². The number of hydrogen-bond acceptors (Lipinski definition) is 5. The molecule has 1 heterocycles. The Morgan fingerprint density at radius 2 is 2.04 bits per heavy atom. The molecule has 1 aromatic rings. The number of benzene rings is 1. The van der Waals surface area contributed by atoms with Crippen LogP contribution < -0.4 is 4.90 Å². The Bertz CT molecular complexity index is 718. The van der Waals surface area contributed by atoms with Gasteiger partial charge in [0.1, 0.15) is 5.82 Å². The van der Waals surface area contributed by atoms with E-state index < -0.39 is 36.2 Å². The van der Waals surface area contributed by atoms with E-state index in [1.165, 1.54) is 19.2 Å². The van der Waals surface area contributed by atoms with Crippen LogP contribution in [0, 0.1) is 5.82 Å². The number of ketones is 1. The molecule has 1 aromatic carbocycles. The number of anilines is 1. The molecule has 25 heavy (non-hydrogen) atoms. The predicted molar refractivity (Wildman–Crippen MR) is 77.2 cm³/mol. The lowest BCUT2D eigenvalue weighted by Crippen LogP contribution is -2.34. The van der Waals surface area contributed by atoms with Gasteiger partial charge in [0.05, 0.1) is 25.5 Å². The second kappa shape index (κ2) is 7.09. The van der Waals surface area contributed by atoms with Gasteiger partial charge in [0.15, 0.2) is 6.73 Å². The summed E-state index contributed by atoms with van der Waals surface area (Å²) in [5, 5.41) is 0.747. The molecule has 0 spiro atoms. The molecule has 0 radical (unpaired) electrons. The molecule has 0 N–H and O–H groups in total. The maximum absolute atomic E-state index is 14.2. The van der Waals surface area contributed by atoms with E-state index in [1.807, 2.05) is 0 Å².